The van der Waals surface area contributed by atoms with E-state index in [1.54, 1.807) is 12.1 Å². The van der Waals surface area contributed by atoms with Gasteiger partial charge in [0, 0.05) is 17.9 Å². The van der Waals surface area contributed by atoms with Crippen LogP contribution in [-0.2, 0) is 0 Å². The molecule has 0 saturated heterocycles. The fourth-order valence-corrected chi connectivity index (χ4v) is 2.54. The van der Waals surface area contributed by atoms with Gasteiger partial charge in [0.15, 0.2) is 0 Å². The van der Waals surface area contributed by atoms with Gasteiger partial charge in [-0.05, 0) is 37.0 Å². The molecule has 0 atom stereocenters. The van der Waals surface area contributed by atoms with Crippen LogP contribution in [0.15, 0.2) is 18.2 Å². The Balaban J connectivity index is 2.01. The van der Waals surface area contributed by atoms with Crippen LogP contribution in [0, 0.1) is 5.92 Å². The van der Waals surface area contributed by atoms with E-state index in [4.69, 9.17) is 10.8 Å². The molecule has 4 nitrogen and oxygen atoms in total. The lowest BCUT2D eigenvalue weighted by molar-refractivity contribution is 0.0698. The minimum atomic E-state index is -0.937. The van der Waals surface area contributed by atoms with E-state index < -0.39 is 5.97 Å². The third kappa shape index (κ3) is 3.15. The Labute approximate surface area is 107 Å². The van der Waals surface area contributed by atoms with E-state index in [-0.39, 0.29) is 5.56 Å². The fraction of sp³-hybridized carbons (Fsp3) is 0.500. The van der Waals surface area contributed by atoms with Crippen LogP contribution in [0.25, 0.3) is 0 Å². The van der Waals surface area contributed by atoms with Crippen LogP contribution in [0.4, 0.5) is 11.4 Å². The van der Waals surface area contributed by atoms with Crippen LogP contribution in [0.2, 0.25) is 0 Å². The highest BCUT2D eigenvalue weighted by Crippen LogP contribution is 2.25. The first-order valence-corrected chi connectivity index (χ1v) is 6.53. The zero-order valence-corrected chi connectivity index (χ0v) is 10.5. The van der Waals surface area contributed by atoms with E-state index in [1.165, 1.54) is 38.2 Å². The fourth-order valence-electron chi connectivity index (χ4n) is 2.54. The molecule has 4 N–H and O–H groups in total. The number of rotatable bonds is 4. The number of aromatic carboxylic acids is 1. The van der Waals surface area contributed by atoms with Gasteiger partial charge in [-0.15, -0.1) is 0 Å². The lowest BCUT2D eigenvalue weighted by atomic mass is 9.89. The maximum absolute atomic E-state index is 11.1. The lowest BCUT2D eigenvalue weighted by Crippen LogP contribution is -2.18. The van der Waals surface area contributed by atoms with E-state index in [9.17, 15) is 4.79 Å². The Hall–Kier alpha value is -1.71. The Morgan fingerprint density at radius 1 is 1.33 bits per heavy atom. The number of nitrogen functional groups attached to an aromatic ring is 1. The van der Waals surface area contributed by atoms with E-state index in [2.05, 4.69) is 5.32 Å². The van der Waals surface area contributed by atoms with Crippen molar-refractivity contribution >= 4 is 17.3 Å². The van der Waals surface area contributed by atoms with Gasteiger partial charge in [0.2, 0.25) is 0 Å². The second-order valence-corrected chi connectivity index (χ2v) is 5.00. The molecule has 98 valence electrons. The number of carbonyl (C=O) groups is 1. The number of carboxylic acids is 1. The van der Waals surface area contributed by atoms with Gasteiger partial charge < -0.3 is 16.2 Å². The summed E-state index contributed by atoms with van der Waals surface area (Å²) in [6.07, 6.45) is 6.40. The van der Waals surface area contributed by atoms with Gasteiger partial charge in [-0.3, -0.25) is 0 Å². The second-order valence-electron chi connectivity index (χ2n) is 5.00. The van der Waals surface area contributed by atoms with Crippen molar-refractivity contribution in [2.45, 2.75) is 32.1 Å². The predicted octanol–water partition coefficient (Wildman–Crippen LogP) is 2.96. The zero-order valence-electron chi connectivity index (χ0n) is 10.5. The molecule has 0 aromatic heterocycles. The number of hydrogen-bond donors (Lipinski definition) is 3. The highest BCUT2D eigenvalue weighted by molar-refractivity contribution is 5.95. The first-order valence-electron chi connectivity index (χ1n) is 6.53. The molecule has 1 saturated carbocycles. The summed E-state index contributed by atoms with van der Waals surface area (Å²) in [6.45, 7) is 0.851. The highest BCUT2D eigenvalue weighted by atomic mass is 16.4. The Bertz CT molecular complexity index is 426. The monoisotopic (exact) mass is 248 g/mol. The Morgan fingerprint density at radius 3 is 2.72 bits per heavy atom. The normalized spacial score (nSPS) is 16.4. The first-order chi connectivity index (χ1) is 8.66. The van der Waals surface area contributed by atoms with Crippen LogP contribution in [-0.4, -0.2) is 17.6 Å². The number of hydrogen-bond acceptors (Lipinski definition) is 3. The van der Waals surface area contributed by atoms with Crippen LogP contribution >= 0.6 is 0 Å². The van der Waals surface area contributed by atoms with Gasteiger partial charge in [-0.1, -0.05) is 19.3 Å². The largest absolute Gasteiger partial charge is 0.478 e. The third-order valence-corrected chi connectivity index (χ3v) is 3.58. The first kappa shape index (κ1) is 12.7. The molecule has 0 bridgehead atoms. The maximum Gasteiger partial charge on any atom is 0.337 e. The topological polar surface area (TPSA) is 75.3 Å². The number of nitrogens with one attached hydrogen (secondary N) is 1. The molecule has 0 radical (unpaired) electrons. The molecular weight excluding hydrogens is 228 g/mol. The molecule has 1 aliphatic carbocycles. The molecule has 0 aliphatic heterocycles. The summed E-state index contributed by atoms with van der Waals surface area (Å²) in [7, 11) is 0. The average Bonchev–Trinajstić information content (AvgIpc) is 2.38. The maximum atomic E-state index is 11.1. The molecule has 2 rings (SSSR count). The van der Waals surface area contributed by atoms with Gasteiger partial charge in [0.1, 0.15) is 0 Å². The number of benzene rings is 1. The van der Waals surface area contributed by atoms with Crippen molar-refractivity contribution in [1.29, 1.82) is 0 Å². The van der Waals surface area contributed by atoms with Gasteiger partial charge in [0.25, 0.3) is 0 Å². The molecule has 1 aliphatic rings. The number of nitrogens with two attached hydrogens (primary N) is 1. The SMILES string of the molecule is Nc1ccc(NCC2CCCCC2)c(C(=O)O)c1. The van der Waals surface area contributed by atoms with Crippen LogP contribution in [0.5, 0.6) is 0 Å². The van der Waals surface area contributed by atoms with E-state index in [1.807, 2.05) is 0 Å². The van der Waals surface area contributed by atoms with Crippen molar-refractivity contribution < 1.29 is 9.90 Å². The van der Waals surface area contributed by atoms with Crippen molar-refractivity contribution in [3.8, 4) is 0 Å². The van der Waals surface area contributed by atoms with Gasteiger partial charge >= 0.3 is 5.97 Å². The molecule has 1 aromatic rings. The summed E-state index contributed by atoms with van der Waals surface area (Å²) in [4.78, 5) is 11.1. The van der Waals surface area contributed by atoms with E-state index in [0.717, 1.165) is 6.54 Å². The summed E-state index contributed by atoms with van der Waals surface area (Å²) < 4.78 is 0. The minimum Gasteiger partial charge on any atom is -0.478 e. The molecule has 0 heterocycles. The summed E-state index contributed by atoms with van der Waals surface area (Å²) in [6, 6.07) is 4.99. The number of anilines is 2. The molecule has 1 fully saturated rings. The van der Waals surface area contributed by atoms with Gasteiger partial charge in [-0.25, -0.2) is 4.79 Å². The summed E-state index contributed by atoms with van der Waals surface area (Å²) in [5, 5.41) is 12.4. The van der Waals surface area contributed by atoms with Crippen LogP contribution < -0.4 is 11.1 Å². The van der Waals surface area contributed by atoms with Crippen molar-refractivity contribution in [2.24, 2.45) is 5.92 Å². The van der Waals surface area contributed by atoms with E-state index in [0.29, 0.717) is 17.3 Å². The second kappa shape index (κ2) is 5.76. The third-order valence-electron chi connectivity index (χ3n) is 3.58. The van der Waals surface area contributed by atoms with Crippen molar-refractivity contribution in [1.82, 2.24) is 0 Å². The Kier molecular flexibility index (Phi) is 4.07. The van der Waals surface area contributed by atoms with Gasteiger partial charge in [-0.2, -0.15) is 0 Å². The molecule has 0 unspecified atom stereocenters. The average molecular weight is 248 g/mol. The molecule has 18 heavy (non-hydrogen) atoms. The predicted molar refractivity (Wildman–Crippen MR) is 72.9 cm³/mol. The molecule has 4 heteroatoms. The molecular formula is C14H20N2O2. The van der Waals surface area contributed by atoms with Crippen LogP contribution in [0.1, 0.15) is 42.5 Å². The smallest absolute Gasteiger partial charge is 0.337 e. The highest BCUT2D eigenvalue weighted by Gasteiger charge is 2.15. The number of carboxylic acid groups (broad SMARTS) is 1. The standard InChI is InChI=1S/C14H20N2O2/c15-11-6-7-13(12(8-11)14(17)18)16-9-10-4-2-1-3-5-10/h6-8,10,16H,1-5,9,15H2,(H,17,18). The summed E-state index contributed by atoms with van der Waals surface area (Å²) in [5.74, 6) is -0.272. The van der Waals surface area contributed by atoms with Crippen LogP contribution in [0.3, 0.4) is 0 Å². The van der Waals surface area contributed by atoms with Crippen molar-refractivity contribution in [2.75, 3.05) is 17.6 Å². The molecule has 1 aromatic carbocycles. The quantitative estimate of drug-likeness (QED) is 0.716. The summed E-state index contributed by atoms with van der Waals surface area (Å²) >= 11 is 0. The van der Waals surface area contributed by atoms with Crippen molar-refractivity contribution in [3.05, 3.63) is 23.8 Å². The van der Waals surface area contributed by atoms with Gasteiger partial charge in [0.05, 0.1) is 5.56 Å². The Morgan fingerprint density at radius 2 is 2.06 bits per heavy atom. The van der Waals surface area contributed by atoms with E-state index >= 15 is 0 Å². The summed E-state index contributed by atoms with van der Waals surface area (Å²) in [5.41, 5.74) is 7.02. The molecule has 0 spiro atoms. The molecule has 0 amide bonds. The lowest BCUT2D eigenvalue weighted by Gasteiger charge is -2.22. The minimum absolute atomic E-state index is 0.255. The zero-order chi connectivity index (χ0) is 13.0. The van der Waals surface area contributed by atoms with Crippen molar-refractivity contribution in [3.63, 3.8) is 0 Å².